The molecule has 4 nitrogen and oxygen atoms in total. The lowest BCUT2D eigenvalue weighted by atomic mass is 9.96. The van der Waals surface area contributed by atoms with E-state index in [1.54, 1.807) is 18.3 Å². The van der Waals surface area contributed by atoms with Crippen LogP contribution in [0.3, 0.4) is 0 Å². The zero-order valence-corrected chi connectivity index (χ0v) is 12.5. The van der Waals surface area contributed by atoms with Gasteiger partial charge in [0.25, 0.3) is 0 Å². The Kier molecular flexibility index (Phi) is 4.51. The van der Waals surface area contributed by atoms with Gasteiger partial charge in [0.1, 0.15) is 11.6 Å². The van der Waals surface area contributed by atoms with E-state index in [-0.39, 0.29) is 18.1 Å². The predicted octanol–water partition coefficient (Wildman–Crippen LogP) is 3.71. The fourth-order valence-electron chi connectivity index (χ4n) is 3.05. The quantitative estimate of drug-likeness (QED) is 0.935. The molecule has 0 saturated heterocycles. The summed E-state index contributed by atoms with van der Waals surface area (Å²) in [6, 6.07) is 8.31. The third-order valence-electron chi connectivity index (χ3n) is 4.11. The van der Waals surface area contributed by atoms with Crippen LogP contribution in [-0.4, -0.2) is 15.7 Å². The Morgan fingerprint density at radius 2 is 2.09 bits per heavy atom. The Labute approximate surface area is 129 Å². The summed E-state index contributed by atoms with van der Waals surface area (Å²) in [6.45, 7) is 0. The highest BCUT2D eigenvalue weighted by Crippen LogP contribution is 2.29. The van der Waals surface area contributed by atoms with Gasteiger partial charge in [-0.05, 0) is 30.5 Å². The van der Waals surface area contributed by atoms with Crippen LogP contribution < -0.4 is 5.32 Å². The van der Waals surface area contributed by atoms with Crippen LogP contribution in [0.2, 0.25) is 0 Å². The first-order valence-electron chi connectivity index (χ1n) is 7.80. The number of anilines is 1. The number of halogens is 1. The molecular formula is C17H20FN3O. The molecule has 1 N–H and O–H groups in total. The summed E-state index contributed by atoms with van der Waals surface area (Å²) in [7, 11) is 0. The van der Waals surface area contributed by atoms with E-state index >= 15 is 0 Å². The molecule has 1 aliphatic carbocycles. The highest BCUT2D eigenvalue weighted by atomic mass is 19.1. The van der Waals surface area contributed by atoms with Crippen LogP contribution in [0.25, 0.3) is 0 Å². The van der Waals surface area contributed by atoms with Crippen molar-refractivity contribution in [3.63, 3.8) is 0 Å². The van der Waals surface area contributed by atoms with Crippen molar-refractivity contribution in [2.24, 2.45) is 0 Å². The average Bonchev–Trinajstić information content (AvgIpc) is 2.96. The fraction of sp³-hybridized carbons (Fsp3) is 0.412. The maximum atomic E-state index is 13.2. The molecule has 22 heavy (non-hydrogen) atoms. The molecule has 3 rings (SSSR count). The molecule has 1 fully saturated rings. The lowest BCUT2D eigenvalue weighted by Crippen LogP contribution is -2.21. The number of benzene rings is 1. The minimum atomic E-state index is -0.322. The van der Waals surface area contributed by atoms with Gasteiger partial charge in [-0.3, -0.25) is 4.79 Å². The third-order valence-corrected chi connectivity index (χ3v) is 4.11. The van der Waals surface area contributed by atoms with E-state index in [2.05, 4.69) is 10.4 Å². The van der Waals surface area contributed by atoms with Crippen molar-refractivity contribution in [3.05, 3.63) is 47.9 Å². The van der Waals surface area contributed by atoms with E-state index in [9.17, 15) is 9.18 Å². The summed E-state index contributed by atoms with van der Waals surface area (Å²) in [5.74, 6) is 0.258. The van der Waals surface area contributed by atoms with Crippen LogP contribution in [0.15, 0.2) is 36.5 Å². The summed E-state index contributed by atoms with van der Waals surface area (Å²) in [5, 5.41) is 7.25. The Balaban J connectivity index is 1.65. The molecule has 1 saturated carbocycles. The summed E-state index contributed by atoms with van der Waals surface area (Å²) in [6.07, 6.45) is 7.78. The molecule has 0 aliphatic heterocycles. The van der Waals surface area contributed by atoms with E-state index in [4.69, 9.17) is 0 Å². The van der Waals surface area contributed by atoms with Crippen molar-refractivity contribution in [1.29, 1.82) is 0 Å². The number of hydrogen-bond donors (Lipinski definition) is 1. The number of nitrogens with zero attached hydrogens (tertiary/aromatic N) is 2. The van der Waals surface area contributed by atoms with Gasteiger partial charge in [-0.25, -0.2) is 9.07 Å². The molecule has 0 atom stereocenters. The van der Waals surface area contributed by atoms with Crippen molar-refractivity contribution in [3.8, 4) is 0 Å². The topological polar surface area (TPSA) is 46.9 Å². The van der Waals surface area contributed by atoms with Gasteiger partial charge in [-0.15, -0.1) is 0 Å². The van der Waals surface area contributed by atoms with E-state index in [1.165, 1.54) is 31.4 Å². The minimum absolute atomic E-state index is 0.150. The van der Waals surface area contributed by atoms with Crippen molar-refractivity contribution in [2.45, 2.75) is 44.6 Å². The third kappa shape index (κ3) is 3.53. The van der Waals surface area contributed by atoms with E-state index in [0.717, 1.165) is 18.7 Å². The zero-order valence-electron chi connectivity index (χ0n) is 12.5. The molecule has 0 radical (unpaired) electrons. The van der Waals surface area contributed by atoms with Crippen LogP contribution in [0.5, 0.6) is 0 Å². The normalized spacial score (nSPS) is 15.7. The lowest BCUT2D eigenvalue weighted by molar-refractivity contribution is -0.115. The van der Waals surface area contributed by atoms with Crippen LogP contribution in [0.1, 0.15) is 43.7 Å². The molecule has 0 unspecified atom stereocenters. The Bertz CT molecular complexity index is 647. The van der Waals surface area contributed by atoms with Gasteiger partial charge >= 0.3 is 0 Å². The highest BCUT2D eigenvalue weighted by molar-refractivity contribution is 5.91. The number of carbonyl (C=O) groups is 1. The van der Waals surface area contributed by atoms with E-state index < -0.39 is 0 Å². The molecule has 0 bridgehead atoms. The van der Waals surface area contributed by atoms with Gasteiger partial charge in [0.2, 0.25) is 5.91 Å². The molecule has 5 heteroatoms. The molecule has 0 spiro atoms. The fourth-order valence-corrected chi connectivity index (χ4v) is 3.05. The summed E-state index contributed by atoms with van der Waals surface area (Å²) < 4.78 is 15.1. The standard InChI is InChI=1S/C17H20FN3O/c18-14-6-4-5-13(11-14)12-17(22)20-16-9-10-19-21(16)15-7-2-1-3-8-15/h4-6,9-11,15H,1-3,7-8,12H2,(H,20,22). The van der Waals surface area contributed by atoms with Crippen LogP contribution in [0, 0.1) is 5.82 Å². The van der Waals surface area contributed by atoms with Gasteiger partial charge in [0.05, 0.1) is 18.7 Å². The maximum absolute atomic E-state index is 13.2. The first-order chi connectivity index (χ1) is 10.7. The Morgan fingerprint density at radius 1 is 1.27 bits per heavy atom. The molecule has 116 valence electrons. The molecule has 2 aromatic rings. The molecule has 1 aliphatic rings. The first-order valence-corrected chi connectivity index (χ1v) is 7.80. The first kappa shape index (κ1) is 14.8. The van der Waals surface area contributed by atoms with E-state index in [0.29, 0.717) is 11.6 Å². The summed E-state index contributed by atoms with van der Waals surface area (Å²) in [5.41, 5.74) is 0.668. The minimum Gasteiger partial charge on any atom is -0.311 e. The number of rotatable bonds is 4. The number of aromatic nitrogens is 2. The predicted molar refractivity (Wildman–Crippen MR) is 83.1 cm³/mol. The summed E-state index contributed by atoms with van der Waals surface area (Å²) >= 11 is 0. The molecule has 1 aromatic heterocycles. The van der Waals surface area contributed by atoms with E-state index in [1.807, 2.05) is 10.7 Å². The van der Waals surface area contributed by atoms with Gasteiger partial charge in [0, 0.05) is 6.07 Å². The van der Waals surface area contributed by atoms with Gasteiger partial charge in [0.15, 0.2) is 0 Å². The molecular weight excluding hydrogens is 281 g/mol. The van der Waals surface area contributed by atoms with Crippen LogP contribution in [0.4, 0.5) is 10.2 Å². The van der Waals surface area contributed by atoms with Gasteiger partial charge in [-0.1, -0.05) is 31.4 Å². The van der Waals surface area contributed by atoms with Crippen LogP contribution >= 0.6 is 0 Å². The Hall–Kier alpha value is -2.17. The van der Waals surface area contributed by atoms with Crippen molar-refractivity contribution >= 4 is 11.7 Å². The highest BCUT2D eigenvalue weighted by Gasteiger charge is 2.19. The smallest absolute Gasteiger partial charge is 0.229 e. The second kappa shape index (κ2) is 6.73. The van der Waals surface area contributed by atoms with Crippen molar-refractivity contribution in [2.75, 3.05) is 5.32 Å². The largest absolute Gasteiger partial charge is 0.311 e. The van der Waals surface area contributed by atoms with Crippen LogP contribution in [-0.2, 0) is 11.2 Å². The SMILES string of the molecule is O=C(Cc1cccc(F)c1)Nc1ccnn1C1CCCCC1. The Morgan fingerprint density at radius 3 is 2.86 bits per heavy atom. The molecule has 1 aromatic carbocycles. The molecule has 1 heterocycles. The maximum Gasteiger partial charge on any atom is 0.229 e. The van der Waals surface area contributed by atoms with Gasteiger partial charge < -0.3 is 5.32 Å². The zero-order chi connectivity index (χ0) is 15.4. The number of nitrogens with one attached hydrogen (secondary N) is 1. The number of hydrogen-bond acceptors (Lipinski definition) is 2. The number of carbonyl (C=O) groups excluding carboxylic acids is 1. The lowest BCUT2D eigenvalue weighted by Gasteiger charge is -2.23. The van der Waals surface area contributed by atoms with Crippen molar-refractivity contribution in [1.82, 2.24) is 9.78 Å². The second-order valence-corrected chi connectivity index (χ2v) is 5.81. The average molecular weight is 301 g/mol. The monoisotopic (exact) mass is 301 g/mol. The molecule has 1 amide bonds. The summed E-state index contributed by atoms with van der Waals surface area (Å²) in [4.78, 5) is 12.2. The van der Waals surface area contributed by atoms with Crippen molar-refractivity contribution < 1.29 is 9.18 Å². The number of amides is 1. The second-order valence-electron chi connectivity index (χ2n) is 5.81. The van der Waals surface area contributed by atoms with Gasteiger partial charge in [-0.2, -0.15) is 5.10 Å².